The first-order valence-electron chi connectivity index (χ1n) is 8.59. The summed E-state index contributed by atoms with van der Waals surface area (Å²) in [4.78, 5) is 12.1. The first kappa shape index (κ1) is 18.5. The summed E-state index contributed by atoms with van der Waals surface area (Å²) in [5, 5.41) is 6.89. The van der Waals surface area contributed by atoms with Gasteiger partial charge in [0.25, 0.3) is 0 Å². The molecule has 0 aliphatic carbocycles. The number of carbonyl (C=O) groups excluding carboxylic acids is 1. The number of hydrogen-bond donors (Lipinski definition) is 1. The predicted octanol–water partition coefficient (Wildman–Crippen LogP) is 3.53. The lowest BCUT2D eigenvalue weighted by Crippen LogP contribution is -2.24. The van der Waals surface area contributed by atoms with Crippen LogP contribution in [0.3, 0.4) is 0 Å². The maximum atomic E-state index is 12.1. The molecule has 0 atom stereocenters. The van der Waals surface area contributed by atoms with E-state index in [4.69, 9.17) is 14.0 Å². The Morgan fingerprint density at radius 1 is 1.07 bits per heavy atom. The van der Waals surface area contributed by atoms with Crippen LogP contribution in [0.25, 0.3) is 11.3 Å². The van der Waals surface area contributed by atoms with Crippen molar-refractivity contribution in [2.45, 2.75) is 19.9 Å². The van der Waals surface area contributed by atoms with Gasteiger partial charge in [0, 0.05) is 11.6 Å². The number of aryl methyl sites for hydroxylation is 1. The molecule has 0 aliphatic heterocycles. The fourth-order valence-corrected chi connectivity index (χ4v) is 2.78. The second kappa shape index (κ2) is 8.40. The second-order valence-corrected chi connectivity index (χ2v) is 6.19. The van der Waals surface area contributed by atoms with Crippen LogP contribution in [0.5, 0.6) is 11.5 Å². The molecule has 140 valence electrons. The SMILES string of the molecule is COc1ccc(-c2cc(CNC(=O)Cc3cccc(C)c3)no2)cc1OC. The van der Waals surface area contributed by atoms with Crippen molar-refractivity contribution in [2.24, 2.45) is 0 Å². The Morgan fingerprint density at radius 2 is 1.89 bits per heavy atom. The van der Waals surface area contributed by atoms with Crippen LogP contribution >= 0.6 is 0 Å². The molecule has 0 saturated carbocycles. The van der Waals surface area contributed by atoms with Crippen molar-refractivity contribution < 1.29 is 18.8 Å². The number of aromatic nitrogens is 1. The molecule has 0 spiro atoms. The quantitative estimate of drug-likeness (QED) is 0.692. The molecule has 0 saturated heterocycles. The van der Waals surface area contributed by atoms with Crippen LogP contribution in [0.4, 0.5) is 0 Å². The Balaban J connectivity index is 1.62. The summed E-state index contributed by atoms with van der Waals surface area (Å²) in [6, 6.07) is 15.2. The molecular formula is C21H22N2O4. The molecule has 27 heavy (non-hydrogen) atoms. The number of ether oxygens (including phenoxy) is 2. The molecule has 0 bridgehead atoms. The van der Waals surface area contributed by atoms with E-state index in [1.807, 2.05) is 43.3 Å². The van der Waals surface area contributed by atoms with Gasteiger partial charge in [0.05, 0.1) is 27.2 Å². The lowest BCUT2D eigenvalue weighted by molar-refractivity contribution is -0.120. The van der Waals surface area contributed by atoms with Crippen molar-refractivity contribution in [3.8, 4) is 22.8 Å². The average molecular weight is 366 g/mol. The zero-order valence-electron chi connectivity index (χ0n) is 15.6. The maximum absolute atomic E-state index is 12.1. The maximum Gasteiger partial charge on any atom is 0.224 e. The smallest absolute Gasteiger partial charge is 0.224 e. The Hall–Kier alpha value is -3.28. The van der Waals surface area contributed by atoms with Crippen molar-refractivity contribution in [1.82, 2.24) is 10.5 Å². The molecule has 2 aromatic carbocycles. The van der Waals surface area contributed by atoms with E-state index in [9.17, 15) is 4.79 Å². The number of methoxy groups -OCH3 is 2. The highest BCUT2D eigenvalue weighted by atomic mass is 16.5. The van der Waals surface area contributed by atoms with Crippen LogP contribution in [0.1, 0.15) is 16.8 Å². The molecule has 1 aromatic heterocycles. The summed E-state index contributed by atoms with van der Waals surface area (Å²) in [5.41, 5.74) is 3.59. The van der Waals surface area contributed by atoms with Crippen molar-refractivity contribution >= 4 is 5.91 Å². The Labute approximate surface area is 158 Å². The molecule has 0 radical (unpaired) electrons. The second-order valence-electron chi connectivity index (χ2n) is 6.19. The number of amides is 1. The molecule has 6 heteroatoms. The van der Waals surface area contributed by atoms with Crippen molar-refractivity contribution in [1.29, 1.82) is 0 Å². The zero-order chi connectivity index (χ0) is 19.2. The van der Waals surface area contributed by atoms with E-state index >= 15 is 0 Å². The number of benzene rings is 2. The van der Waals surface area contributed by atoms with E-state index in [0.717, 1.165) is 16.7 Å². The molecule has 0 fully saturated rings. The number of hydrogen-bond acceptors (Lipinski definition) is 5. The highest BCUT2D eigenvalue weighted by molar-refractivity contribution is 5.78. The molecular weight excluding hydrogens is 344 g/mol. The Morgan fingerprint density at radius 3 is 2.63 bits per heavy atom. The fourth-order valence-electron chi connectivity index (χ4n) is 2.78. The van der Waals surface area contributed by atoms with E-state index in [0.29, 0.717) is 35.9 Å². The average Bonchev–Trinajstić information content (AvgIpc) is 3.15. The molecule has 3 aromatic rings. The monoisotopic (exact) mass is 366 g/mol. The summed E-state index contributed by atoms with van der Waals surface area (Å²) in [5.74, 6) is 1.79. The van der Waals surface area contributed by atoms with Crippen LogP contribution in [0, 0.1) is 6.92 Å². The number of carbonyl (C=O) groups is 1. The number of nitrogens with zero attached hydrogens (tertiary/aromatic N) is 1. The van der Waals surface area contributed by atoms with Gasteiger partial charge in [0.15, 0.2) is 17.3 Å². The van der Waals surface area contributed by atoms with Crippen LogP contribution in [0.15, 0.2) is 53.1 Å². The van der Waals surface area contributed by atoms with E-state index in [1.54, 1.807) is 26.4 Å². The van der Waals surface area contributed by atoms with Crippen LogP contribution in [0.2, 0.25) is 0 Å². The molecule has 3 rings (SSSR count). The lowest BCUT2D eigenvalue weighted by atomic mass is 10.1. The van der Waals surface area contributed by atoms with Crippen molar-refractivity contribution in [2.75, 3.05) is 14.2 Å². The van der Waals surface area contributed by atoms with Crippen molar-refractivity contribution in [3.63, 3.8) is 0 Å². The van der Waals surface area contributed by atoms with E-state index in [1.165, 1.54) is 0 Å². The molecule has 0 unspecified atom stereocenters. The minimum atomic E-state index is -0.0590. The fraction of sp³-hybridized carbons (Fsp3) is 0.238. The van der Waals surface area contributed by atoms with Gasteiger partial charge >= 0.3 is 0 Å². The third-order valence-corrected chi connectivity index (χ3v) is 4.14. The lowest BCUT2D eigenvalue weighted by Gasteiger charge is -2.07. The van der Waals surface area contributed by atoms with E-state index in [2.05, 4.69) is 10.5 Å². The zero-order valence-corrected chi connectivity index (χ0v) is 15.6. The van der Waals surface area contributed by atoms with Crippen molar-refractivity contribution in [3.05, 3.63) is 65.4 Å². The molecule has 6 nitrogen and oxygen atoms in total. The van der Waals surface area contributed by atoms with Gasteiger partial charge in [-0.2, -0.15) is 0 Å². The van der Waals surface area contributed by atoms with Crippen LogP contribution in [-0.2, 0) is 17.8 Å². The van der Waals surface area contributed by atoms with Gasteiger partial charge in [-0.1, -0.05) is 35.0 Å². The van der Waals surface area contributed by atoms with Gasteiger partial charge in [0.1, 0.15) is 5.69 Å². The number of rotatable bonds is 7. The highest BCUT2D eigenvalue weighted by Gasteiger charge is 2.12. The third kappa shape index (κ3) is 4.67. The topological polar surface area (TPSA) is 73.6 Å². The highest BCUT2D eigenvalue weighted by Crippen LogP contribution is 2.32. The van der Waals surface area contributed by atoms with Gasteiger partial charge in [-0.15, -0.1) is 0 Å². The van der Waals surface area contributed by atoms with Crippen LogP contribution in [-0.4, -0.2) is 25.3 Å². The van der Waals surface area contributed by atoms with Gasteiger partial charge in [-0.05, 0) is 30.7 Å². The Bertz CT molecular complexity index is 933. The Kier molecular flexibility index (Phi) is 5.76. The standard InChI is InChI=1S/C21H22N2O4/c1-14-5-4-6-15(9-14)10-21(24)22-13-17-12-19(27-23-17)16-7-8-18(25-2)20(11-16)26-3/h4-9,11-12H,10,13H2,1-3H3,(H,22,24). The summed E-state index contributed by atoms with van der Waals surface area (Å²) in [6.45, 7) is 2.31. The molecule has 1 N–H and O–H groups in total. The van der Waals surface area contributed by atoms with E-state index in [-0.39, 0.29) is 5.91 Å². The first-order valence-corrected chi connectivity index (χ1v) is 8.59. The first-order chi connectivity index (χ1) is 13.1. The normalized spacial score (nSPS) is 10.5. The third-order valence-electron chi connectivity index (χ3n) is 4.14. The van der Waals surface area contributed by atoms with Gasteiger partial charge in [-0.3, -0.25) is 4.79 Å². The molecule has 1 amide bonds. The summed E-state index contributed by atoms with van der Waals surface area (Å²) >= 11 is 0. The largest absolute Gasteiger partial charge is 0.493 e. The summed E-state index contributed by atoms with van der Waals surface area (Å²) < 4.78 is 15.9. The number of nitrogens with one attached hydrogen (secondary N) is 1. The minimum absolute atomic E-state index is 0.0590. The van der Waals surface area contributed by atoms with Crippen LogP contribution < -0.4 is 14.8 Å². The molecule has 1 heterocycles. The van der Waals surface area contributed by atoms with Gasteiger partial charge < -0.3 is 19.3 Å². The summed E-state index contributed by atoms with van der Waals surface area (Å²) in [7, 11) is 3.17. The predicted molar refractivity (Wildman–Crippen MR) is 102 cm³/mol. The van der Waals surface area contributed by atoms with Gasteiger partial charge in [0.2, 0.25) is 5.91 Å². The van der Waals surface area contributed by atoms with E-state index < -0.39 is 0 Å². The van der Waals surface area contributed by atoms with Gasteiger partial charge in [-0.25, -0.2) is 0 Å². The summed E-state index contributed by atoms with van der Waals surface area (Å²) in [6.07, 6.45) is 0.335. The minimum Gasteiger partial charge on any atom is -0.493 e. The molecule has 0 aliphatic rings.